The van der Waals surface area contributed by atoms with Gasteiger partial charge in [-0.15, -0.1) is 11.3 Å². The van der Waals surface area contributed by atoms with Crippen molar-refractivity contribution in [2.24, 2.45) is 5.41 Å². The first-order valence-electron chi connectivity index (χ1n) is 6.12. The van der Waals surface area contributed by atoms with Crippen LogP contribution in [-0.4, -0.2) is 43.8 Å². The number of sulfonamides is 1. The van der Waals surface area contributed by atoms with Crippen LogP contribution in [0.1, 0.15) is 18.5 Å². The first kappa shape index (κ1) is 15.2. The molecule has 0 atom stereocenters. The number of thiazole rings is 1. The quantitative estimate of drug-likeness (QED) is 0.653. The fraction of sp³-hybridized carbons (Fsp3) is 0.636. The van der Waals surface area contributed by atoms with E-state index in [1.54, 1.807) is 5.38 Å². The molecule has 1 saturated carbocycles. The van der Waals surface area contributed by atoms with Gasteiger partial charge in [0.2, 0.25) is 15.9 Å². The molecule has 3 N–H and O–H groups in total. The van der Waals surface area contributed by atoms with E-state index in [0.29, 0.717) is 12.2 Å². The summed E-state index contributed by atoms with van der Waals surface area (Å²) in [6.07, 6.45) is 3.01. The van der Waals surface area contributed by atoms with Crippen molar-refractivity contribution in [3.63, 3.8) is 0 Å². The lowest BCUT2D eigenvalue weighted by Crippen LogP contribution is -2.32. The maximum absolute atomic E-state index is 11.7. The summed E-state index contributed by atoms with van der Waals surface area (Å²) in [5.41, 5.74) is 0.397. The van der Waals surface area contributed by atoms with Crippen LogP contribution >= 0.6 is 11.3 Å². The van der Waals surface area contributed by atoms with Crippen molar-refractivity contribution in [2.45, 2.75) is 19.3 Å². The number of anilines is 1. The highest BCUT2D eigenvalue weighted by molar-refractivity contribution is 7.92. The van der Waals surface area contributed by atoms with E-state index in [1.807, 2.05) is 0 Å². The second-order valence-electron chi connectivity index (χ2n) is 5.13. The number of nitrogens with one attached hydrogen (secondary N) is 2. The van der Waals surface area contributed by atoms with Gasteiger partial charge in [0.15, 0.2) is 5.13 Å². The average molecular weight is 319 g/mol. The minimum absolute atomic E-state index is 0.0897. The van der Waals surface area contributed by atoms with Gasteiger partial charge in [-0.3, -0.25) is 9.52 Å². The van der Waals surface area contributed by atoms with Crippen LogP contribution in [0.25, 0.3) is 0 Å². The molecule has 0 radical (unpaired) electrons. The maximum atomic E-state index is 11.7. The zero-order valence-corrected chi connectivity index (χ0v) is 12.7. The van der Waals surface area contributed by atoms with E-state index in [0.717, 1.165) is 30.4 Å². The van der Waals surface area contributed by atoms with E-state index < -0.39 is 10.0 Å². The van der Waals surface area contributed by atoms with E-state index in [4.69, 9.17) is 5.11 Å². The zero-order valence-electron chi connectivity index (χ0n) is 11.0. The Morgan fingerprint density at radius 3 is 2.80 bits per heavy atom. The van der Waals surface area contributed by atoms with E-state index in [-0.39, 0.29) is 29.5 Å². The molecule has 1 fully saturated rings. The van der Waals surface area contributed by atoms with Gasteiger partial charge in [-0.1, -0.05) is 0 Å². The summed E-state index contributed by atoms with van der Waals surface area (Å²) in [6, 6.07) is 0. The number of nitrogens with zero attached hydrogens (tertiary/aromatic N) is 1. The lowest BCUT2D eigenvalue weighted by molar-refractivity contribution is -0.120. The molecule has 7 nitrogen and oxygen atoms in total. The zero-order chi connectivity index (χ0) is 14.8. The molecule has 0 saturated heterocycles. The Hall–Kier alpha value is -1.19. The molecule has 0 unspecified atom stereocenters. The molecule has 1 aromatic rings. The number of carbonyl (C=O) groups excluding carboxylic acids is 1. The molecule has 0 bridgehead atoms. The number of rotatable bonds is 7. The topological polar surface area (TPSA) is 108 Å². The monoisotopic (exact) mass is 319 g/mol. The molecule has 0 aromatic carbocycles. The second-order valence-corrected chi connectivity index (χ2v) is 7.74. The van der Waals surface area contributed by atoms with Crippen LogP contribution in [0.3, 0.4) is 0 Å². The highest BCUT2D eigenvalue weighted by Crippen LogP contribution is 2.44. The molecular formula is C11H17N3O4S2. The molecule has 1 aliphatic rings. The molecule has 0 aliphatic heterocycles. The Labute approximate surface area is 121 Å². The minimum atomic E-state index is -3.35. The number of hydrogen-bond acceptors (Lipinski definition) is 6. The van der Waals surface area contributed by atoms with Gasteiger partial charge in [0.1, 0.15) is 0 Å². The Kier molecular flexibility index (Phi) is 4.31. The highest BCUT2D eigenvalue weighted by Gasteiger charge is 2.42. The van der Waals surface area contributed by atoms with Crippen molar-refractivity contribution in [3.05, 3.63) is 11.1 Å². The number of hydrogen-bond donors (Lipinski definition) is 3. The second kappa shape index (κ2) is 5.66. The molecule has 2 rings (SSSR count). The molecule has 0 spiro atoms. The molecule has 20 heavy (non-hydrogen) atoms. The summed E-state index contributed by atoms with van der Waals surface area (Å²) in [7, 11) is -3.35. The summed E-state index contributed by atoms with van der Waals surface area (Å²) in [5, 5.41) is 13.8. The number of amides is 1. The Morgan fingerprint density at radius 2 is 2.25 bits per heavy atom. The molecule has 9 heteroatoms. The molecule has 1 amide bonds. The van der Waals surface area contributed by atoms with Crippen LogP contribution in [0.15, 0.2) is 5.38 Å². The maximum Gasteiger partial charge on any atom is 0.231 e. The summed E-state index contributed by atoms with van der Waals surface area (Å²) in [6.45, 7) is 0.563. The standard InChI is InChI=1S/C11H17N3O4S2/c1-20(17,18)14-10-13-8(5-19-10)4-9(16)12-6-11(7-15)2-3-11/h5,15H,2-4,6-7H2,1H3,(H,12,16)(H,13,14). The predicted molar refractivity (Wildman–Crippen MR) is 76.0 cm³/mol. The van der Waals surface area contributed by atoms with Crippen molar-refractivity contribution >= 4 is 32.4 Å². The largest absolute Gasteiger partial charge is 0.396 e. The summed E-state index contributed by atoms with van der Waals surface area (Å²) in [5.74, 6) is -0.180. The highest BCUT2D eigenvalue weighted by atomic mass is 32.2. The lowest BCUT2D eigenvalue weighted by Gasteiger charge is -2.12. The van der Waals surface area contributed by atoms with E-state index in [9.17, 15) is 13.2 Å². The van der Waals surface area contributed by atoms with E-state index in [2.05, 4.69) is 15.0 Å². The van der Waals surface area contributed by atoms with Gasteiger partial charge in [-0.05, 0) is 12.8 Å². The smallest absolute Gasteiger partial charge is 0.231 e. The van der Waals surface area contributed by atoms with Gasteiger partial charge in [0, 0.05) is 17.3 Å². The fourth-order valence-corrected chi connectivity index (χ4v) is 3.24. The third kappa shape index (κ3) is 4.43. The number of aromatic nitrogens is 1. The first-order valence-corrected chi connectivity index (χ1v) is 8.89. The third-order valence-corrected chi connectivity index (χ3v) is 4.62. The first-order chi connectivity index (χ1) is 9.32. The predicted octanol–water partition coefficient (Wildman–Crippen LogP) is -0.0542. The average Bonchev–Trinajstić information content (AvgIpc) is 3.02. The van der Waals surface area contributed by atoms with Gasteiger partial charge >= 0.3 is 0 Å². The van der Waals surface area contributed by atoms with Crippen LogP contribution in [0.5, 0.6) is 0 Å². The van der Waals surface area contributed by atoms with Gasteiger partial charge in [-0.25, -0.2) is 13.4 Å². The number of aliphatic hydroxyl groups excluding tert-OH is 1. The van der Waals surface area contributed by atoms with Gasteiger partial charge in [0.05, 0.1) is 25.0 Å². The summed E-state index contributed by atoms with van der Waals surface area (Å²) in [4.78, 5) is 15.8. The number of carbonyl (C=O) groups is 1. The Morgan fingerprint density at radius 1 is 1.55 bits per heavy atom. The van der Waals surface area contributed by atoms with Crippen LogP contribution in [0, 0.1) is 5.41 Å². The molecule has 1 aromatic heterocycles. The van der Waals surface area contributed by atoms with Gasteiger partial charge in [-0.2, -0.15) is 0 Å². The van der Waals surface area contributed by atoms with Crippen molar-refractivity contribution in [1.82, 2.24) is 10.3 Å². The molecule has 1 aliphatic carbocycles. The van der Waals surface area contributed by atoms with Crippen molar-refractivity contribution < 1.29 is 18.3 Å². The van der Waals surface area contributed by atoms with E-state index in [1.165, 1.54) is 0 Å². The third-order valence-electron chi connectivity index (χ3n) is 3.12. The molecule has 1 heterocycles. The molecular weight excluding hydrogens is 302 g/mol. The fourth-order valence-electron chi connectivity index (χ4n) is 1.67. The van der Waals surface area contributed by atoms with E-state index >= 15 is 0 Å². The summed E-state index contributed by atoms with van der Waals surface area (Å²) < 4.78 is 24.3. The van der Waals surface area contributed by atoms with Crippen LogP contribution in [-0.2, 0) is 21.2 Å². The van der Waals surface area contributed by atoms with Gasteiger partial charge in [0.25, 0.3) is 0 Å². The molecule has 112 valence electrons. The Balaban J connectivity index is 1.82. The van der Waals surface area contributed by atoms with Gasteiger partial charge < -0.3 is 10.4 Å². The normalized spacial score (nSPS) is 16.7. The minimum Gasteiger partial charge on any atom is -0.396 e. The van der Waals surface area contributed by atoms with Crippen molar-refractivity contribution in [2.75, 3.05) is 24.1 Å². The number of aliphatic hydroxyl groups is 1. The summed E-state index contributed by atoms with van der Waals surface area (Å²) >= 11 is 1.14. The lowest BCUT2D eigenvalue weighted by atomic mass is 10.1. The van der Waals surface area contributed by atoms with Crippen molar-refractivity contribution in [1.29, 1.82) is 0 Å². The van der Waals surface area contributed by atoms with Crippen LogP contribution < -0.4 is 10.0 Å². The van der Waals surface area contributed by atoms with Crippen LogP contribution in [0.4, 0.5) is 5.13 Å². The SMILES string of the molecule is CS(=O)(=O)Nc1nc(CC(=O)NCC2(CO)CC2)cs1. The van der Waals surface area contributed by atoms with Crippen molar-refractivity contribution in [3.8, 4) is 0 Å². The van der Waals surface area contributed by atoms with Crippen LogP contribution in [0.2, 0.25) is 0 Å². The Bertz CT molecular complexity index is 593.